The molecular formula is C39H53N5O4. The molecule has 3 aromatic rings. The third kappa shape index (κ3) is 7.10. The molecule has 1 aromatic carbocycles. The summed E-state index contributed by atoms with van der Waals surface area (Å²) in [6.07, 6.45) is 14.9. The minimum Gasteiger partial charge on any atom is -0.496 e. The summed E-state index contributed by atoms with van der Waals surface area (Å²) in [6, 6.07) is 11.1. The van der Waals surface area contributed by atoms with Crippen LogP contribution in [0, 0.1) is 18.3 Å². The molecule has 2 aromatic heterocycles. The molecule has 258 valence electrons. The minimum atomic E-state index is -0.377. The predicted molar refractivity (Wildman–Crippen MR) is 188 cm³/mol. The van der Waals surface area contributed by atoms with Crippen molar-refractivity contribution in [3.63, 3.8) is 0 Å². The smallest absolute Gasteiger partial charge is 0.407 e. The van der Waals surface area contributed by atoms with E-state index in [2.05, 4.69) is 61.6 Å². The van der Waals surface area contributed by atoms with E-state index >= 15 is 0 Å². The average Bonchev–Trinajstić information content (AvgIpc) is 3.59. The lowest BCUT2D eigenvalue weighted by molar-refractivity contribution is -0.124. The molecule has 1 N–H and O–H groups in total. The van der Waals surface area contributed by atoms with E-state index in [4.69, 9.17) is 14.5 Å². The molecule has 0 atom stereocenters. The van der Waals surface area contributed by atoms with E-state index in [1.54, 1.807) is 7.11 Å². The highest BCUT2D eigenvalue weighted by atomic mass is 16.6. The van der Waals surface area contributed by atoms with Crippen LogP contribution in [0.5, 0.6) is 5.75 Å². The number of ether oxygens (including phenoxy) is 2. The van der Waals surface area contributed by atoms with Gasteiger partial charge in [-0.3, -0.25) is 14.4 Å². The number of rotatable bonds is 10. The summed E-state index contributed by atoms with van der Waals surface area (Å²) in [5.41, 5.74) is 4.92. The van der Waals surface area contributed by atoms with Crippen molar-refractivity contribution in [2.75, 3.05) is 18.6 Å². The van der Waals surface area contributed by atoms with Crippen molar-refractivity contribution in [1.29, 1.82) is 0 Å². The Morgan fingerprint density at radius 3 is 2.29 bits per heavy atom. The lowest BCUT2D eigenvalue weighted by Crippen LogP contribution is -2.52. The highest BCUT2D eigenvalue weighted by Crippen LogP contribution is 2.58. The quantitative estimate of drug-likeness (QED) is 0.237. The number of pyridine rings is 1. The summed E-state index contributed by atoms with van der Waals surface area (Å²) in [7, 11) is 1.73. The fourth-order valence-corrected chi connectivity index (χ4v) is 8.38. The van der Waals surface area contributed by atoms with E-state index in [0.717, 1.165) is 86.9 Å². The van der Waals surface area contributed by atoms with Gasteiger partial charge in [0.15, 0.2) is 0 Å². The molecule has 9 heteroatoms. The normalized spacial score (nSPS) is 25.2. The number of amides is 2. The average molecular weight is 656 g/mol. The Balaban J connectivity index is 1.22. The first-order chi connectivity index (χ1) is 23.0. The SMILES string of the molecule is COc1ccc(C23CCC(CN(c4cc(-c5cnn(C(C)C)c5)ccn4)C(=O)[C@H]4CC[C@H](NC(=O)OC(C)C)CC4)(CC2)CC3)cc1C. The number of aryl methyl sites for hydroxylation is 1. The zero-order valence-corrected chi connectivity index (χ0v) is 29.6. The third-order valence-electron chi connectivity index (χ3n) is 11.4. The van der Waals surface area contributed by atoms with Gasteiger partial charge in [0.05, 0.1) is 19.4 Å². The maximum Gasteiger partial charge on any atom is 0.407 e. The van der Waals surface area contributed by atoms with E-state index in [0.29, 0.717) is 6.54 Å². The molecule has 0 aliphatic heterocycles. The van der Waals surface area contributed by atoms with Gasteiger partial charge in [0.2, 0.25) is 5.91 Å². The zero-order valence-electron chi connectivity index (χ0n) is 29.6. The molecule has 0 radical (unpaired) electrons. The van der Waals surface area contributed by atoms with Crippen molar-refractivity contribution < 1.29 is 19.1 Å². The van der Waals surface area contributed by atoms with Gasteiger partial charge < -0.3 is 14.8 Å². The van der Waals surface area contributed by atoms with Gasteiger partial charge >= 0.3 is 6.09 Å². The first-order valence-electron chi connectivity index (χ1n) is 17.9. The Morgan fingerprint density at radius 2 is 1.69 bits per heavy atom. The Hall–Kier alpha value is -3.88. The van der Waals surface area contributed by atoms with E-state index in [1.165, 1.54) is 11.1 Å². The van der Waals surface area contributed by atoms with Crippen molar-refractivity contribution >= 4 is 17.8 Å². The summed E-state index contributed by atoms with van der Waals surface area (Å²) in [5.74, 6) is 1.71. The molecule has 2 bridgehead atoms. The van der Waals surface area contributed by atoms with Crippen LogP contribution in [0.15, 0.2) is 48.9 Å². The van der Waals surface area contributed by atoms with Crippen LogP contribution in [0.3, 0.4) is 0 Å². The number of nitrogens with one attached hydrogen (secondary N) is 1. The molecule has 0 spiro atoms. The summed E-state index contributed by atoms with van der Waals surface area (Å²) >= 11 is 0. The van der Waals surface area contributed by atoms with E-state index in [9.17, 15) is 9.59 Å². The number of benzene rings is 1. The molecule has 2 heterocycles. The number of hydrogen-bond donors (Lipinski definition) is 1. The van der Waals surface area contributed by atoms with Crippen LogP contribution >= 0.6 is 0 Å². The van der Waals surface area contributed by atoms with Gasteiger partial charge in [-0.25, -0.2) is 9.78 Å². The second-order valence-electron chi connectivity index (χ2n) is 15.2. The Bertz CT molecular complexity index is 1580. The molecule has 9 nitrogen and oxygen atoms in total. The van der Waals surface area contributed by atoms with Crippen LogP contribution in [-0.4, -0.2) is 52.6 Å². The molecule has 4 aliphatic rings. The third-order valence-corrected chi connectivity index (χ3v) is 11.4. The zero-order chi connectivity index (χ0) is 34.1. The molecule has 0 saturated heterocycles. The molecule has 4 fully saturated rings. The van der Waals surface area contributed by atoms with Gasteiger partial charge in [-0.15, -0.1) is 0 Å². The highest BCUT2D eigenvalue weighted by Gasteiger charge is 2.51. The van der Waals surface area contributed by atoms with Crippen molar-refractivity contribution in [3.05, 3.63) is 60.0 Å². The van der Waals surface area contributed by atoms with E-state index < -0.39 is 0 Å². The van der Waals surface area contributed by atoms with Crippen LogP contribution in [0.2, 0.25) is 0 Å². The van der Waals surface area contributed by atoms with E-state index in [-0.39, 0.29) is 46.9 Å². The number of fused-ring (bicyclic) bond motifs is 3. The topological polar surface area (TPSA) is 98.6 Å². The fraction of sp³-hybridized carbons (Fsp3) is 0.590. The largest absolute Gasteiger partial charge is 0.496 e. The molecule has 48 heavy (non-hydrogen) atoms. The lowest BCUT2D eigenvalue weighted by atomic mass is 9.51. The molecular weight excluding hydrogens is 602 g/mol. The molecule has 4 saturated carbocycles. The van der Waals surface area contributed by atoms with Gasteiger partial charge in [-0.05, 0) is 145 Å². The van der Waals surface area contributed by atoms with Crippen LogP contribution in [0.4, 0.5) is 10.6 Å². The van der Waals surface area contributed by atoms with Gasteiger partial charge in [0.25, 0.3) is 0 Å². The van der Waals surface area contributed by atoms with Crippen LogP contribution in [-0.2, 0) is 14.9 Å². The van der Waals surface area contributed by atoms with Crippen molar-refractivity contribution in [3.8, 4) is 16.9 Å². The number of carbonyl (C=O) groups is 2. The number of alkyl carbamates (subject to hydrolysis) is 1. The van der Waals surface area contributed by atoms with Gasteiger partial charge in [-0.2, -0.15) is 5.10 Å². The fourth-order valence-electron chi connectivity index (χ4n) is 8.38. The lowest BCUT2D eigenvalue weighted by Gasteiger charge is -2.55. The van der Waals surface area contributed by atoms with Crippen molar-refractivity contribution in [1.82, 2.24) is 20.1 Å². The second kappa shape index (κ2) is 13.9. The monoisotopic (exact) mass is 655 g/mol. The number of methoxy groups -OCH3 is 1. The molecule has 2 amide bonds. The molecule has 7 rings (SSSR count). The highest BCUT2D eigenvalue weighted by molar-refractivity contribution is 5.95. The maximum atomic E-state index is 14.6. The predicted octanol–water partition coefficient (Wildman–Crippen LogP) is 8.16. The molecule has 4 aliphatic carbocycles. The van der Waals surface area contributed by atoms with Gasteiger partial charge in [0.1, 0.15) is 11.6 Å². The number of hydrogen-bond acceptors (Lipinski definition) is 6. The molecule has 0 unspecified atom stereocenters. The van der Waals surface area contributed by atoms with E-state index in [1.807, 2.05) is 41.9 Å². The van der Waals surface area contributed by atoms with Crippen LogP contribution in [0.25, 0.3) is 11.1 Å². The second-order valence-corrected chi connectivity index (χ2v) is 15.2. The first-order valence-corrected chi connectivity index (χ1v) is 17.9. The maximum absolute atomic E-state index is 14.6. The summed E-state index contributed by atoms with van der Waals surface area (Å²) < 4.78 is 12.8. The summed E-state index contributed by atoms with van der Waals surface area (Å²) in [6.45, 7) is 10.7. The van der Waals surface area contributed by atoms with Gasteiger partial charge in [0, 0.05) is 42.5 Å². The Labute approximate surface area is 285 Å². The van der Waals surface area contributed by atoms with Crippen molar-refractivity contribution in [2.45, 2.75) is 122 Å². The Morgan fingerprint density at radius 1 is 0.979 bits per heavy atom. The summed E-state index contributed by atoms with van der Waals surface area (Å²) in [5, 5.41) is 7.56. The minimum absolute atomic E-state index is 0.0256. The summed E-state index contributed by atoms with van der Waals surface area (Å²) in [4.78, 5) is 33.7. The number of carbonyl (C=O) groups excluding carboxylic acids is 2. The van der Waals surface area contributed by atoms with Gasteiger partial charge in [-0.1, -0.05) is 12.1 Å². The van der Waals surface area contributed by atoms with Crippen LogP contribution < -0.4 is 15.0 Å². The number of nitrogens with zero attached hydrogens (tertiary/aromatic N) is 4. The van der Waals surface area contributed by atoms with Crippen molar-refractivity contribution in [2.24, 2.45) is 11.3 Å². The standard InChI is InChI=1S/C39H53N5O4/c1-26(2)44-24-31(23-41-44)30-13-20-40-35(22-30)43(36(45)29-7-10-33(11-8-29)42-37(46)48-27(3)4)25-38-14-17-39(18-15-38,19-16-38)32-9-12-34(47-6)28(5)21-32/h9,12-13,20-24,26-27,29,33H,7-8,10-11,14-19,25H2,1-6H3,(H,42,46)/t29-,33-,38?,39?. The Kier molecular flexibility index (Phi) is 9.86. The van der Waals surface area contributed by atoms with Crippen LogP contribution in [0.1, 0.15) is 109 Å². The first kappa shape index (κ1) is 34.0. The number of anilines is 1. The number of aromatic nitrogens is 3.